The van der Waals surface area contributed by atoms with E-state index >= 15 is 0 Å². The van der Waals surface area contributed by atoms with Crippen LogP contribution in [0.15, 0.2) is 66.7 Å². The molecule has 1 aliphatic heterocycles. The Morgan fingerprint density at radius 2 is 1.71 bits per heavy atom. The van der Waals surface area contributed by atoms with E-state index in [-0.39, 0.29) is 11.9 Å². The Kier molecular flexibility index (Phi) is 5.70. The second-order valence-corrected chi connectivity index (χ2v) is 7.31. The number of rotatable bonds is 5. The van der Waals surface area contributed by atoms with E-state index in [0.717, 1.165) is 42.6 Å². The number of fused-ring (bicyclic) bond motifs is 1. The van der Waals surface area contributed by atoms with E-state index in [1.807, 2.05) is 42.5 Å². The molecule has 1 heterocycles. The topological polar surface area (TPSA) is 41.6 Å². The molecule has 1 saturated heterocycles. The zero-order valence-corrected chi connectivity index (χ0v) is 16.2. The Morgan fingerprint density at radius 1 is 1.00 bits per heavy atom. The summed E-state index contributed by atoms with van der Waals surface area (Å²) in [5.41, 5.74) is 3.19. The van der Waals surface area contributed by atoms with Gasteiger partial charge in [-0.2, -0.15) is 0 Å². The number of nitrogens with one attached hydrogen (secondary N) is 1. The summed E-state index contributed by atoms with van der Waals surface area (Å²) in [5.74, 6) is -0.0258. The highest BCUT2D eigenvalue weighted by Gasteiger charge is 2.23. The Hall–Kier alpha value is -2.69. The van der Waals surface area contributed by atoms with Gasteiger partial charge in [-0.25, -0.2) is 0 Å². The zero-order valence-electron chi connectivity index (χ0n) is 16.2. The van der Waals surface area contributed by atoms with Gasteiger partial charge >= 0.3 is 0 Å². The first-order valence-electron chi connectivity index (χ1n) is 9.87. The molecule has 1 atom stereocenters. The Labute approximate surface area is 166 Å². The summed E-state index contributed by atoms with van der Waals surface area (Å²) in [4.78, 5) is 15.4. The molecule has 3 aromatic rings. The molecule has 1 aliphatic rings. The molecule has 0 saturated carbocycles. The van der Waals surface area contributed by atoms with Crippen molar-refractivity contribution in [2.75, 3.05) is 32.8 Å². The van der Waals surface area contributed by atoms with Crippen molar-refractivity contribution in [3.05, 3.63) is 83.4 Å². The molecule has 3 aromatic carbocycles. The van der Waals surface area contributed by atoms with E-state index < -0.39 is 0 Å². The lowest BCUT2D eigenvalue weighted by molar-refractivity contribution is 0.0162. The summed E-state index contributed by atoms with van der Waals surface area (Å²) in [6, 6.07) is 22.6. The molecule has 0 unspecified atom stereocenters. The fourth-order valence-corrected chi connectivity index (χ4v) is 3.84. The normalized spacial score (nSPS) is 16.0. The van der Waals surface area contributed by atoms with Gasteiger partial charge in [0.2, 0.25) is 0 Å². The third-order valence-electron chi connectivity index (χ3n) is 5.44. The van der Waals surface area contributed by atoms with Crippen LogP contribution in [0, 0.1) is 6.92 Å². The van der Waals surface area contributed by atoms with E-state index in [1.54, 1.807) is 0 Å². The van der Waals surface area contributed by atoms with Crippen LogP contribution in [0.1, 0.15) is 27.5 Å². The molecule has 0 aliphatic carbocycles. The quantitative estimate of drug-likeness (QED) is 0.735. The van der Waals surface area contributed by atoms with Gasteiger partial charge in [0, 0.05) is 25.2 Å². The minimum atomic E-state index is -0.0258. The van der Waals surface area contributed by atoms with E-state index in [1.165, 1.54) is 11.1 Å². The fraction of sp³-hybridized carbons (Fsp3) is 0.292. The Balaban J connectivity index is 1.54. The molecule has 0 bridgehead atoms. The van der Waals surface area contributed by atoms with E-state index in [9.17, 15) is 4.79 Å². The van der Waals surface area contributed by atoms with Crippen molar-refractivity contribution >= 4 is 16.7 Å². The smallest absolute Gasteiger partial charge is 0.251 e. The van der Waals surface area contributed by atoms with Crippen LogP contribution in [-0.2, 0) is 4.74 Å². The number of carbonyl (C=O) groups is 1. The predicted molar refractivity (Wildman–Crippen MR) is 113 cm³/mol. The van der Waals surface area contributed by atoms with Crippen molar-refractivity contribution in [1.29, 1.82) is 0 Å². The van der Waals surface area contributed by atoms with E-state index in [4.69, 9.17) is 4.74 Å². The van der Waals surface area contributed by atoms with Crippen LogP contribution in [0.5, 0.6) is 0 Å². The zero-order chi connectivity index (χ0) is 19.3. The first kappa shape index (κ1) is 18.7. The molecule has 4 nitrogen and oxygen atoms in total. The summed E-state index contributed by atoms with van der Waals surface area (Å²) in [7, 11) is 0. The lowest BCUT2D eigenvalue weighted by Crippen LogP contribution is -2.43. The average molecular weight is 374 g/mol. The largest absolute Gasteiger partial charge is 0.379 e. The second kappa shape index (κ2) is 8.55. The predicted octanol–water partition coefficient (Wildman–Crippen LogP) is 3.95. The van der Waals surface area contributed by atoms with Crippen LogP contribution >= 0.6 is 0 Å². The number of hydrogen-bond donors (Lipinski definition) is 1. The third kappa shape index (κ3) is 4.08. The molecule has 0 spiro atoms. The first-order chi connectivity index (χ1) is 13.7. The SMILES string of the molecule is Cc1ccc([C@@H](CNC(=O)c2cccc3ccccc23)N2CCOCC2)cc1. The van der Waals surface area contributed by atoms with Crippen molar-refractivity contribution in [3.63, 3.8) is 0 Å². The molecule has 4 heteroatoms. The molecule has 0 radical (unpaired) electrons. The van der Waals surface area contributed by atoms with Gasteiger partial charge in [-0.1, -0.05) is 66.2 Å². The van der Waals surface area contributed by atoms with Gasteiger partial charge in [0.1, 0.15) is 0 Å². The highest BCUT2D eigenvalue weighted by atomic mass is 16.5. The number of ether oxygens (including phenoxy) is 1. The maximum atomic E-state index is 13.0. The maximum absolute atomic E-state index is 13.0. The average Bonchev–Trinajstić information content (AvgIpc) is 2.75. The third-order valence-corrected chi connectivity index (χ3v) is 5.44. The summed E-state index contributed by atoms with van der Waals surface area (Å²) in [6.07, 6.45) is 0. The maximum Gasteiger partial charge on any atom is 0.251 e. The van der Waals surface area contributed by atoms with E-state index in [0.29, 0.717) is 6.54 Å². The number of hydrogen-bond acceptors (Lipinski definition) is 3. The highest BCUT2D eigenvalue weighted by Crippen LogP contribution is 2.23. The molecule has 0 aromatic heterocycles. The molecular weight excluding hydrogens is 348 g/mol. The highest BCUT2D eigenvalue weighted by molar-refractivity contribution is 6.07. The van der Waals surface area contributed by atoms with Crippen LogP contribution in [0.4, 0.5) is 0 Å². The lowest BCUT2D eigenvalue weighted by atomic mass is 10.0. The standard InChI is InChI=1S/C24H26N2O2/c1-18-9-11-20(12-10-18)23(26-13-15-28-16-14-26)17-25-24(27)22-8-4-6-19-5-2-3-7-21(19)22/h2-12,23H,13-17H2,1H3,(H,25,27)/t23-/m1/s1. The van der Waals surface area contributed by atoms with Crippen LogP contribution < -0.4 is 5.32 Å². The first-order valence-corrected chi connectivity index (χ1v) is 9.87. The molecule has 28 heavy (non-hydrogen) atoms. The molecule has 1 amide bonds. The monoisotopic (exact) mass is 374 g/mol. The van der Waals surface area contributed by atoms with Crippen molar-refractivity contribution in [2.24, 2.45) is 0 Å². The van der Waals surface area contributed by atoms with Crippen molar-refractivity contribution in [3.8, 4) is 0 Å². The summed E-state index contributed by atoms with van der Waals surface area (Å²) >= 11 is 0. The molecule has 1 N–H and O–H groups in total. The van der Waals surface area contributed by atoms with Gasteiger partial charge < -0.3 is 10.1 Å². The summed E-state index contributed by atoms with van der Waals surface area (Å²) in [5, 5.41) is 5.25. The number of nitrogens with zero attached hydrogens (tertiary/aromatic N) is 1. The van der Waals surface area contributed by atoms with Crippen molar-refractivity contribution in [1.82, 2.24) is 10.2 Å². The van der Waals surface area contributed by atoms with Crippen molar-refractivity contribution in [2.45, 2.75) is 13.0 Å². The van der Waals surface area contributed by atoms with Gasteiger partial charge in [-0.05, 0) is 29.3 Å². The number of amides is 1. The second-order valence-electron chi connectivity index (χ2n) is 7.31. The van der Waals surface area contributed by atoms with Gasteiger partial charge in [0.15, 0.2) is 0 Å². The molecule has 4 rings (SSSR count). The molecule has 144 valence electrons. The number of aryl methyl sites for hydroxylation is 1. The van der Waals surface area contributed by atoms with Crippen LogP contribution in [0.3, 0.4) is 0 Å². The number of morpholine rings is 1. The summed E-state index contributed by atoms with van der Waals surface area (Å²) in [6.45, 7) is 5.89. The van der Waals surface area contributed by atoms with Gasteiger partial charge in [0.25, 0.3) is 5.91 Å². The van der Waals surface area contributed by atoms with Crippen molar-refractivity contribution < 1.29 is 9.53 Å². The minimum Gasteiger partial charge on any atom is -0.379 e. The van der Waals surface area contributed by atoms with Gasteiger partial charge in [-0.3, -0.25) is 9.69 Å². The van der Waals surface area contributed by atoms with E-state index in [2.05, 4.69) is 41.4 Å². The number of benzene rings is 3. The van der Waals surface area contributed by atoms with Crippen LogP contribution in [0.2, 0.25) is 0 Å². The fourth-order valence-electron chi connectivity index (χ4n) is 3.84. The lowest BCUT2D eigenvalue weighted by Gasteiger charge is -2.35. The Morgan fingerprint density at radius 3 is 2.50 bits per heavy atom. The van der Waals surface area contributed by atoms with Gasteiger partial charge in [-0.15, -0.1) is 0 Å². The minimum absolute atomic E-state index is 0.0258. The Bertz CT molecular complexity index is 941. The molecular formula is C24H26N2O2. The summed E-state index contributed by atoms with van der Waals surface area (Å²) < 4.78 is 5.52. The van der Waals surface area contributed by atoms with Gasteiger partial charge in [0.05, 0.1) is 19.3 Å². The van der Waals surface area contributed by atoms with Crippen LogP contribution in [-0.4, -0.2) is 43.7 Å². The van der Waals surface area contributed by atoms with Crippen LogP contribution in [0.25, 0.3) is 10.8 Å². The molecule has 1 fully saturated rings. The number of carbonyl (C=O) groups excluding carboxylic acids is 1.